The van der Waals surface area contributed by atoms with Crippen molar-refractivity contribution < 1.29 is 14.3 Å². The lowest BCUT2D eigenvalue weighted by Crippen LogP contribution is -2.01. The molecular formula is C23H19FN2O2. The second kappa shape index (κ2) is 7.56. The monoisotopic (exact) mass is 374 g/mol. The molecule has 5 heteroatoms. The fraction of sp³-hybridized carbons (Fsp3) is 0.0870. The van der Waals surface area contributed by atoms with Crippen LogP contribution in [0.1, 0.15) is 16.8 Å². The molecule has 0 fully saturated rings. The van der Waals surface area contributed by atoms with Crippen LogP contribution in [0.5, 0.6) is 5.75 Å². The highest BCUT2D eigenvalue weighted by atomic mass is 19.1. The molecule has 0 spiro atoms. The number of rotatable bonds is 5. The van der Waals surface area contributed by atoms with E-state index < -0.39 is 5.82 Å². The summed E-state index contributed by atoms with van der Waals surface area (Å²) >= 11 is 0. The number of hydrogen-bond acceptors (Lipinski definition) is 3. The molecule has 140 valence electrons. The average molecular weight is 374 g/mol. The number of hydrogen-bond donors (Lipinski definition) is 1. The topological polar surface area (TPSA) is 46.8 Å². The SMILES string of the molecule is Cc1c(C=NO)c2ccccc2n1-c1ccc(OCc2ccccc2)c(F)c1. The molecule has 4 nitrogen and oxygen atoms in total. The molecule has 1 N–H and O–H groups in total. The molecule has 0 atom stereocenters. The van der Waals surface area contributed by atoms with Crippen LogP contribution in [0.2, 0.25) is 0 Å². The Hall–Kier alpha value is -3.60. The Morgan fingerprint density at radius 1 is 1.04 bits per heavy atom. The van der Waals surface area contributed by atoms with Crippen LogP contribution in [0.3, 0.4) is 0 Å². The van der Waals surface area contributed by atoms with Crippen molar-refractivity contribution >= 4 is 17.1 Å². The maximum Gasteiger partial charge on any atom is 0.167 e. The molecule has 3 aromatic carbocycles. The molecule has 0 aliphatic carbocycles. The van der Waals surface area contributed by atoms with Gasteiger partial charge in [-0.15, -0.1) is 0 Å². The Morgan fingerprint density at radius 3 is 2.54 bits per heavy atom. The molecule has 0 saturated carbocycles. The second-order valence-electron chi connectivity index (χ2n) is 6.49. The van der Waals surface area contributed by atoms with Crippen LogP contribution in [0, 0.1) is 12.7 Å². The molecule has 0 aliphatic heterocycles. The summed E-state index contributed by atoms with van der Waals surface area (Å²) in [5.41, 5.74) is 4.22. The third-order valence-corrected chi connectivity index (χ3v) is 4.76. The molecule has 1 aromatic heterocycles. The Labute approximate surface area is 162 Å². The Kier molecular flexibility index (Phi) is 4.81. The summed E-state index contributed by atoms with van der Waals surface area (Å²) in [6.45, 7) is 2.22. The standard InChI is InChI=1S/C23H19FN2O2/c1-16-20(14-25-27)19-9-5-6-10-22(19)26(16)18-11-12-23(21(24)13-18)28-15-17-7-3-2-4-8-17/h2-14,27H,15H2,1H3. The first-order chi connectivity index (χ1) is 13.7. The van der Waals surface area contributed by atoms with Gasteiger partial charge in [0.2, 0.25) is 0 Å². The molecule has 4 rings (SSSR count). The van der Waals surface area contributed by atoms with E-state index in [9.17, 15) is 4.39 Å². The van der Waals surface area contributed by atoms with E-state index in [0.29, 0.717) is 12.3 Å². The summed E-state index contributed by atoms with van der Waals surface area (Å²) < 4.78 is 22.3. The summed E-state index contributed by atoms with van der Waals surface area (Å²) in [6.07, 6.45) is 1.40. The van der Waals surface area contributed by atoms with E-state index in [1.54, 1.807) is 6.07 Å². The minimum absolute atomic E-state index is 0.207. The normalized spacial score (nSPS) is 11.4. The van der Waals surface area contributed by atoms with Gasteiger partial charge in [-0.2, -0.15) is 0 Å². The highest BCUT2D eigenvalue weighted by molar-refractivity contribution is 6.01. The molecule has 0 aliphatic rings. The second-order valence-corrected chi connectivity index (χ2v) is 6.49. The van der Waals surface area contributed by atoms with Crippen molar-refractivity contribution in [3.05, 3.63) is 95.4 Å². The van der Waals surface area contributed by atoms with Gasteiger partial charge in [0, 0.05) is 28.4 Å². The first-order valence-corrected chi connectivity index (χ1v) is 8.93. The van der Waals surface area contributed by atoms with Gasteiger partial charge in [0.1, 0.15) is 6.61 Å². The molecule has 0 bridgehead atoms. The largest absolute Gasteiger partial charge is 0.486 e. The van der Waals surface area contributed by atoms with Crippen molar-refractivity contribution in [2.45, 2.75) is 13.5 Å². The van der Waals surface area contributed by atoms with Crippen LogP contribution in [0.25, 0.3) is 16.6 Å². The highest BCUT2D eigenvalue weighted by Crippen LogP contribution is 2.30. The van der Waals surface area contributed by atoms with E-state index in [2.05, 4.69) is 5.16 Å². The number of oxime groups is 1. The van der Waals surface area contributed by atoms with Crippen molar-refractivity contribution in [1.29, 1.82) is 0 Å². The first kappa shape index (κ1) is 17.8. The summed E-state index contributed by atoms with van der Waals surface area (Å²) in [6, 6.07) is 22.3. The zero-order valence-corrected chi connectivity index (χ0v) is 15.3. The van der Waals surface area contributed by atoms with Gasteiger partial charge in [-0.05, 0) is 30.7 Å². The maximum absolute atomic E-state index is 14.7. The van der Waals surface area contributed by atoms with Crippen LogP contribution in [-0.4, -0.2) is 16.0 Å². The lowest BCUT2D eigenvalue weighted by Gasteiger charge is -2.12. The van der Waals surface area contributed by atoms with E-state index >= 15 is 0 Å². The molecule has 4 aromatic rings. The molecular weight excluding hydrogens is 355 g/mol. The van der Waals surface area contributed by atoms with Gasteiger partial charge < -0.3 is 14.5 Å². The molecule has 0 unspecified atom stereocenters. The number of benzene rings is 3. The van der Waals surface area contributed by atoms with E-state index in [0.717, 1.165) is 27.7 Å². The number of aromatic nitrogens is 1. The van der Waals surface area contributed by atoms with Gasteiger partial charge >= 0.3 is 0 Å². The van der Waals surface area contributed by atoms with Gasteiger partial charge in [-0.1, -0.05) is 53.7 Å². The predicted octanol–water partition coefficient (Wildman–Crippen LogP) is 5.47. The zero-order valence-electron chi connectivity index (χ0n) is 15.3. The highest BCUT2D eigenvalue weighted by Gasteiger charge is 2.15. The van der Waals surface area contributed by atoms with Crippen LogP contribution in [-0.2, 0) is 6.61 Å². The molecule has 0 amide bonds. The third kappa shape index (κ3) is 3.22. The lowest BCUT2D eigenvalue weighted by molar-refractivity contribution is 0.290. The first-order valence-electron chi connectivity index (χ1n) is 8.93. The van der Waals surface area contributed by atoms with Gasteiger partial charge in [-0.3, -0.25) is 0 Å². The van der Waals surface area contributed by atoms with Gasteiger partial charge in [-0.25, -0.2) is 4.39 Å². The van der Waals surface area contributed by atoms with E-state index in [1.165, 1.54) is 12.3 Å². The van der Waals surface area contributed by atoms with Crippen LogP contribution in [0.4, 0.5) is 4.39 Å². The summed E-state index contributed by atoms with van der Waals surface area (Å²) in [5.74, 6) is -0.221. The van der Waals surface area contributed by atoms with E-state index in [1.807, 2.05) is 72.2 Å². The Balaban J connectivity index is 1.71. The fourth-order valence-electron chi connectivity index (χ4n) is 3.43. The predicted molar refractivity (Wildman–Crippen MR) is 108 cm³/mol. The fourth-order valence-corrected chi connectivity index (χ4v) is 3.43. The summed E-state index contributed by atoms with van der Waals surface area (Å²) in [5, 5.41) is 13.1. The minimum Gasteiger partial charge on any atom is -0.486 e. The zero-order chi connectivity index (χ0) is 19.5. The van der Waals surface area contributed by atoms with Crippen molar-refractivity contribution in [2.75, 3.05) is 0 Å². The van der Waals surface area contributed by atoms with Gasteiger partial charge in [0.05, 0.1) is 11.7 Å². The lowest BCUT2D eigenvalue weighted by atomic mass is 10.1. The van der Waals surface area contributed by atoms with Crippen LogP contribution in [0.15, 0.2) is 78.0 Å². The number of halogens is 1. The van der Waals surface area contributed by atoms with Gasteiger partial charge in [0.15, 0.2) is 11.6 Å². The minimum atomic E-state index is -0.428. The maximum atomic E-state index is 14.7. The molecule has 0 saturated heterocycles. The molecule has 28 heavy (non-hydrogen) atoms. The molecule has 0 radical (unpaired) electrons. The van der Waals surface area contributed by atoms with Gasteiger partial charge in [0.25, 0.3) is 0 Å². The quantitative estimate of drug-likeness (QED) is 0.286. The number of fused-ring (bicyclic) bond motifs is 1. The van der Waals surface area contributed by atoms with Crippen LogP contribution >= 0.6 is 0 Å². The average Bonchev–Trinajstić information content (AvgIpc) is 3.00. The van der Waals surface area contributed by atoms with Crippen molar-refractivity contribution in [3.63, 3.8) is 0 Å². The van der Waals surface area contributed by atoms with E-state index in [-0.39, 0.29) is 5.75 Å². The third-order valence-electron chi connectivity index (χ3n) is 4.76. The molecule has 1 heterocycles. The Morgan fingerprint density at radius 2 is 1.79 bits per heavy atom. The number of nitrogens with zero attached hydrogens (tertiary/aromatic N) is 2. The summed E-state index contributed by atoms with van der Waals surface area (Å²) in [4.78, 5) is 0. The number of ether oxygens (including phenoxy) is 1. The van der Waals surface area contributed by atoms with Crippen molar-refractivity contribution in [1.82, 2.24) is 4.57 Å². The summed E-state index contributed by atoms with van der Waals surface area (Å²) in [7, 11) is 0. The number of para-hydroxylation sites is 1. The van der Waals surface area contributed by atoms with Crippen LogP contribution < -0.4 is 4.74 Å². The van der Waals surface area contributed by atoms with Crippen molar-refractivity contribution in [2.24, 2.45) is 5.16 Å². The van der Waals surface area contributed by atoms with E-state index in [4.69, 9.17) is 9.94 Å². The Bertz CT molecular complexity index is 1150. The van der Waals surface area contributed by atoms with Crippen molar-refractivity contribution in [3.8, 4) is 11.4 Å². The smallest absolute Gasteiger partial charge is 0.167 e.